The Morgan fingerprint density at radius 1 is 1.22 bits per heavy atom. The Hall–Kier alpha value is -2.64. The quantitative estimate of drug-likeness (QED) is 0.882. The number of hydrogen-bond acceptors (Lipinski definition) is 4. The number of aromatic nitrogens is 2. The largest absolute Gasteiger partial charge is 0.416 e. The molecule has 0 saturated heterocycles. The number of hydrogen-bond donors (Lipinski definition) is 2. The minimum absolute atomic E-state index is 0.0477. The summed E-state index contributed by atoms with van der Waals surface area (Å²) in [6.07, 6.45) is -2.36. The summed E-state index contributed by atoms with van der Waals surface area (Å²) >= 11 is 0. The summed E-state index contributed by atoms with van der Waals surface area (Å²) in [6.45, 7) is 2.67. The van der Waals surface area contributed by atoms with Crippen molar-refractivity contribution in [2.75, 3.05) is 17.2 Å². The second-order valence-corrected chi connectivity index (χ2v) is 4.75. The molecule has 2 rings (SSSR count). The molecule has 0 spiro atoms. The molecule has 8 heteroatoms. The van der Waals surface area contributed by atoms with E-state index < -0.39 is 17.6 Å². The zero-order chi connectivity index (χ0) is 16.9. The van der Waals surface area contributed by atoms with Gasteiger partial charge in [0.1, 0.15) is 17.8 Å². The summed E-state index contributed by atoms with van der Waals surface area (Å²) in [6, 6.07) is 5.86. The number of carbonyl (C=O) groups excluding carboxylic acids is 1. The van der Waals surface area contributed by atoms with E-state index in [9.17, 15) is 18.0 Å². The van der Waals surface area contributed by atoms with Gasteiger partial charge in [-0.25, -0.2) is 9.97 Å². The highest BCUT2D eigenvalue weighted by Crippen LogP contribution is 2.30. The lowest BCUT2D eigenvalue weighted by Crippen LogP contribution is -2.15. The van der Waals surface area contributed by atoms with E-state index in [1.165, 1.54) is 24.5 Å². The summed E-state index contributed by atoms with van der Waals surface area (Å²) in [4.78, 5) is 19.9. The van der Waals surface area contributed by atoms with Crippen LogP contribution >= 0.6 is 0 Å². The van der Waals surface area contributed by atoms with Gasteiger partial charge in [0, 0.05) is 18.3 Å². The van der Waals surface area contributed by atoms with E-state index in [1.54, 1.807) is 0 Å². The van der Waals surface area contributed by atoms with Crippen LogP contribution in [0.3, 0.4) is 0 Å². The van der Waals surface area contributed by atoms with Crippen molar-refractivity contribution in [3.05, 3.63) is 47.9 Å². The summed E-state index contributed by atoms with van der Waals surface area (Å²) in [5, 5.41) is 5.40. The molecule has 2 aromatic rings. The summed E-state index contributed by atoms with van der Waals surface area (Å²) < 4.78 is 38.0. The Morgan fingerprint density at radius 3 is 2.70 bits per heavy atom. The first-order valence-electron chi connectivity index (χ1n) is 6.94. The highest BCUT2D eigenvalue weighted by atomic mass is 19.4. The van der Waals surface area contributed by atoms with E-state index >= 15 is 0 Å². The first-order valence-corrected chi connectivity index (χ1v) is 6.94. The SMILES string of the molecule is CCCNc1cc(C(=O)Nc2cccc(C(F)(F)F)c2)ncn1. The van der Waals surface area contributed by atoms with Gasteiger partial charge in [-0.3, -0.25) is 4.79 Å². The number of alkyl halides is 3. The lowest BCUT2D eigenvalue weighted by atomic mass is 10.2. The molecule has 1 aromatic heterocycles. The smallest absolute Gasteiger partial charge is 0.370 e. The highest BCUT2D eigenvalue weighted by Gasteiger charge is 2.30. The van der Waals surface area contributed by atoms with E-state index in [0.29, 0.717) is 12.4 Å². The van der Waals surface area contributed by atoms with Gasteiger partial charge < -0.3 is 10.6 Å². The van der Waals surface area contributed by atoms with Gasteiger partial charge in [-0.05, 0) is 24.6 Å². The number of halogens is 3. The molecule has 0 aliphatic carbocycles. The predicted molar refractivity (Wildman–Crippen MR) is 80.2 cm³/mol. The molecule has 1 aromatic carbocycles. The highest BCUT2D eigenvalue weighted by molar-refractivity contribution is 6.03. The molecule has 122 valence electrons. The molecule has 0 aliphatic rings. The number of benzene rings is 1. The van der Waals surface area contributed by atoms with Crippen molar-refractivity contribution < 1.29 is 18.0 Å². The van der Waals surface area contributed by atoms with Crippen LogP contribution in [0.25, 0.3) is 0 Å². The first-order chi connectivity index (χ1) is 10.9. The van der Waals surface area contributed by atoms with Crippen LogP contribution in [0, 0.1) is 0 Å². The molecule has 1 amide bonds. The molecule has 5 nitrogen and oxygen atoms in total. The zero-order valence-electron chi connectivity index (χ0n) is 12.3. The van der Waals surface area contributed by atoms with Crippen molar-refractivity contribution in [3.8, 4) is 0 Å². The minimum atomic E-state index is -4.47. The Balaban J connectivity index is 2.13. The second-order valence-electron chi connectivity index (χ2n) is 4.75. The molecular weight excluding hydrogens is 309 g/mol. The second kappa shape index (κ2) is 7.08. The first kappa shape index (κ1) is 16.7. The van der Waals surface area contributed by atoms with E-state index in [-0.39, 0.29) is 11.4 Å². The Bertz CT molecular complexity index is 688. The van der Waals surface area contributed by atoms with Crippen LogP contribution in [0.2, 0.25) is 0 Å². The number of nitrogens with one attached hydrogen (secondary N) is 2. The third-order valence-electron chi connectivity index (χ3n) is 2.90. The van der Waals surface area contributed by atoms with Crippen LogP contribution in [-0.2, 0) is 6.18 Å². The van der Waals surface area contributed by atoms with Gasteiger partial charge in [-0.1, -0.05) is 13.0 Å². The van der Waals surface area contributed by atoms with Crippen molar-refractivity contribution in [1.82, 2.24) is 9.97 Å². The maximum absolute atomic E-state index is 12.7. The Kier molecular flexibility index (Phi) is 5.15. The molecule has 23 heavy (non-hydrogen) atoms. The van der Waals surface area contributed by atoms with E-state index in [0.717, 1.165) is 18.6 Å². The van der Waals surface area contributed by atoms with Crippen LogP contribution < -0.4 is 10.6 Å². The van der Waals surface area contributed by atoms with Crippen molar-refractivity contribution in [1.29, 1.82) is 0 Å². The van der Waals surface area contributed by atoms with Crippen molar-refractivity contribution in [2.45, 2.75) is 19.5 Å². The molecule has 0 radical (unpaired) electrons. The lowest BCUT2D eigenvalue weighted by Gasteiger charge is -2.10. The topological polar surface area (TPSA) is 66.9 Å². The van der Waals surface area contributed by atoms with Crippen molar-refractivity contribution >= 4 is 17.4 Å². The molecule has 0 unspecified atom stereocenters. The molecule has 1 heterocycles. The average molecular weight is 324 g/mol. The third-order valence-corrected chi connectivity index (χ3v) is 2.90. The van der Waals surface area contributed by atoms with Gasteiger partial charge in [0.15, 0.2) is 0 Å². The van der Waals surface area contributed by atoms with E-state index in [1.807, 2.05) is 6.92 Å². The van der Waals surface area contributed by atoms with Gasteiger partial charge in [-0.2, -0.15) is 13.2 Å². The fraction of sp³-hybridized carbons (Fsp3) is 0.267. The summed E-state index contributed by atoms with van der Waals surface area (Å²) in [5.41, 5.74) is -0.717. The summed E-state index contributed by atoms with van der Waals surface area (Å²) in [5.74, 6) is -0.123. The molecule has 0 aliphatic heterocycles. The standard InChI is InChI=1S/C15H15F3N4O/c1-2-6-19-13-8-12(20-9-21-13)14(23)22-11-5-3-4-10(7-11)15(16,17)18/h3-5,7-9H,2,6H2,1H3,(H,22,23)(H,19,20,21). The number of nitrogens with zero attached hydrogens (tertiary/aromatic N) is 2. The van der Waals surface area contributed by atoms with Gasteiger partial charge in [0.25, 0.3) is 5.91 Å². The average Bonchev–Trinajstić information content (AvgIpc) is 2.52. The lowest BCUT2D eigenvalue weighted by molar-refractivity contribution is -0.137. The molecule has 0 saturated carbocycles. The number of rotatable bonds is 5. The normalized spacial score (nSPS) is 11.1. The van der Waals surface area contributed by atoms with E-state index in [4.69, 9.17) is 0 Å². The van der Waals surface area contributed by atoms with Crippen LogP contribution in [0.5, 0.6) is 0 Å². The van der Waals surface area contributed by atoms with Crippen molar-refractivity contribution in [3.63, 3.8) is 0 Å². The van der Waals surface area contributed by atoms with Gasteiger partial charge in [0.05, 0.1) is 5.56 Å². The van der Waals surface area contributed by atoms with Crippen LogP contribution in [0.4, 0.5) is 24.7 Å². The molecule has 2 N–H and O–H groups in total. The zero-order valence-corrected chi connectivity index (χ0v) is 12.3. The monoisotopic (exact) mass is 324 g/mol. The maximum Gasteiger partial charge on any atom is 0.416 e. The molecule has 0 bridgehead atoms. The maximum atomic E-state index is 12.7. The van der Waals surface area contributed by atoms with Gasteiger partial charge >= 0.3 is 6.18 Å². The van der Waals surface area contributed by atoms with Gasteiger partial charge in [0.2, 0.25) is 0 Å². The molecular formula is C15H15F3N4O. The Labute approximate surface area is 131 Å². The van der Waals surface area contributed by atoms with Crippen molar-refractivity contribution in [2.24, 2.45) is 0 Å². The van der Waals surface area contributed by atoms with Crippen LogP contribution in [0.1, 0.15) is 29.4 Å². The van der Waals surface area contributed by atoms with Gasteiger partial charge in [-0.15, -0.1) is 0 Å². The number of anilines is 2. The number of carbonyl (C=O) groups is 1. The Morgan fingerprint density at radius 2 is 2.00 bits per heavy atom. The number of amides is 1. The van der Waals surface area contributed by atoms with Crippen LogP contribution in [0.15, 0.2) is 36.7 Å². The van der Waals surface area contributed by atoms with Crippen LogP contribution in [-0.4, -0.2) is 22.4 Å². The summed E-state index contributed by atoms with van der Waals surface area (Å²) in [7, 11) is 0. The predicted octanol–water partition coefficient (Wildman–Crippen LogP) is 3.57. The molecule has 0 fully saturated rings. The fourth-order valence-corrected chi connectivity index (χ4v) is 1.80. The van der Waals surface area contributed by atoms with E-state index in [2.05, 4.69) is 20.6 Å². The molecule has 0 atom stereocenters. The minimum Gasteiger partial charge on any atom is -0.370 e. The fourth-order valence-electron chi connectivity index (χ4n) is 1.80. The third kappa shape index (κ3) is 4.67.